The molecule has 0 aromatic rings. The molecule has 0 spiro atoms. The number of halogens is 1. The molecule has 4 nitrogen and oxygen atoms in total. The highest BCUT2D eigenvalue weighted by atomic mass is 35.5. The monoisotopic (exact) mass is 283 g/mol. The molecule has 0 heterocycles. The molecule has 5 heteroatoms. The van der Waals surface area contributed by atoms with E-state index in [-0.39, 0.29) is 25.6 Å². The summed E-state index contributed by atoms with van der Waals surface area (Å²) >= 11 is 0. The van der Waals surface area contributed by atoms with E-state index in [1.54, 1.807) is 0 Å². The van der Waals surface area contributed by atoms with Crippen molar-refractivity contribution in [3.05, 3.63) is 0 Å². The van der Waals surface area contributed by atoms with Crippen molar-refractivity contribution in [1.29, 1.82) is 0 Å². The van der Waals surface area contributed by atoms with Crippen LogP contribution in [0.25, 0.3) is 0 Å². The topological polar surface area (TPSA) is 63.9 Å². The standard InChI is InChI=1S/C13H29NO3.ClH/c1-2-3-4-5-6-7-9-14(10-8-11-15)12-13(16)17;/h13,15-17H,2-12H2,1H3;1H. The van der Waals surface area contributed by atoms with Crippen molar-refractivity contribution in [3.8, 4) is 0 Å². The third-order valence-corrected chi connectivity index (χ3v) is 2.88. The van der Waals surface area contributed by atoms with Gasteiger partial charge in [-0.2, -0.15) is 0 Å². The highest BCUT2D eigenvalue weighted by molar-refractivity contribution is 5.85. The number of hydrogen-bond acceptors (Lipinski definition) is 4. The van der Waals surface area contributed by atoms with E-state index in [4.69, 9.17) is 15.3 Å². The van der Waals surface area contributed by atoms with E-state index in [1.165, 1.54) is 32.1 Å². The Morgan fingerprint density at radius 3 is 2.00 bits per heavy atom. The normalized spacial score (nSPS) is 11.0. The van der Waals surface area contributed by atoms with Crippen LogP contribution < -0.4 is 0 Å². The SMILES string of the molecule is CCCCCCCCN(CCCO)CC(O)O.Cl. The van der Waals surface area contributed by atoms with Gasteiger partial charge in [-0.05, 0) is 19.4 Å². The van der Waals surface area contributed by atoms with Crippen molar-refractivity contribution in [2.45, 2.75) is 58.2 Å². The van der Waals surface area contributed by atoms with Gasteiger partial charge >= 0.3 is 0 Å². The minimum Gasteiger partial charge on any atom is -0.396 e. The van der Waals surface area contributed by atoms with Crippen LogP contribution in [0.5, 0.6) is 0 Å². The number of aliphatic hydroxyl groups excluding tert-OH is 2. The fourth-order valence-electron chi connectivity index (χ4n) is 1.94. The van der Waals surface area contributed by atoms with Crippen molar-refractivity contribution in [2.75, 3.05) is 26.2 Å². The summed E-state index contributed by atoms with van der Waals surface area (Å²) in [5.74, 6) is 0. The molecule has 0 aliphatic heterocycles. The molecule has 112 valence electrons. The Kier molecular flexibility index (Phi) is 17.3. The second-order valence-electron chi connectivity index (χ2n) is 4.63. The lowest BCUT2D eigenvalue weighted by molar-refractivity contribution is -0.0619. The van der Waals surface area contributed by atoms with Gasteiger partial charge in [0.05, 0.1) is 0 Å². The Bertz CT molecular complexity index is 159. The number of nitrogens with zero attached hydrogens (tertiary/aromatic N) is 1. The average Bonchev–Trinajstić information content (AvgIpc) is 2.29. The molecule has 0 radical (unpaired) electrons. The molecular weight excluding hydrogens is 254 g/mol. The molecule has 3 N–H and O–H groups in total. The molecule has 0 aliphatic carbocycles. The maximum atomic E-state index is 8.95. The van der Waals surface area contributed by atoms with Gasteiger partial charge in [-0.3, -0.25) is 4.90 Å². The zero-order chi connectivity index (χ0) is 12.9. The fraction of sp³-hybridized carbons (Fsp3) is 1.00. The van der Waals surface area contributed by atoms with E-state index in [0.29, 0.717) is 6.42 Å². The van der Waals surface area contributed by atoms with Crippen LogP contribution in [-0.2, 0) is 0 Å². The maximum absolute atomic E-state index is 8.95. The Labute approximate surface area is 117 Å². The molecule has 0 bridgehead atoms. The van der Waals surface area contributed by atoms with Crippen LogP contribution in [0.2, 0.25) is 0 Å². The first-order valence-corrected chi connectivity index (χ1v) is 6.90. The molecule has 0 aliphatic rings. The second-order valence-corrected chi connectivity index (χ2v) is 4.63. The largest absolute Gasteiger partial charge is 0.396 e. The van der Waals surface area contributed by atoms with Gasteiger partial charge in [0, 0.05) is 19.7 Å². The lowest BCUT2D eigenvalue weighted by atomic mass is 10.1. The summed E-state index contributed by atoms with van der Waals surface area (Å²) in [6.07, 6.45) is 6.87. The smallest absolute Gasteiger partial charge is 0.164 e. The molecule has 0 saturated carbocycles. The molecule has 0 atom stereocenters. The molecule has 0 amide bonds. The number of unbranched alkanes of at least 4 members (excludes halogenated alkanes) is 5. The van der Waals surface area contributed by atoms with Crippen LogP contribution in [0.15, 0.2) is 0 Å². The van der Waals surface area contributed by atoms with E-state index in [2.05, 4.69) is 6.92 Å². The summed E-state index contributed by atoms with van der Waals surface area (Å²) in [5.41, 5.74) is 0. The second kappa shape index (κ2) is 15.2. The molecule has 0 aromatic carbocycles. The van der Waals surface area contributed by atoms with E-state index in [1.807, 2.05) is 4.90 Å². The summed E-state index contributed by atoms with van der Waals surface area (Å²) < 4.78 is 0. The van der Waals surface area contributed by atoms with Crippen LogP contribution >= 0.6 is 12.4 Å². The van der Waals surface area contributed by atoms with Crippen LogP contribution in [0, 0.1) is 0 Å². The minimum atomic E-state index is -1.27. The summed E-state index contributed by atoms with van der Waals surface area (Å²) in [5, 5.41) is 26.7. The Hall–Kier alpha value is 0.130. The molecule has 18 heavy (non-hydrogen) atoms. The van der Waals surface area contributed by atoms with Crippen LogP contribution in [0.3, 0.4) is 0 Å². The van der Waals surface area contributed by atoms with Gasteiger partial charge in [0.25, 0.3) is 0 Å². The molecular formula is C13H30ClNO3. The molecule has 0 unspecified atom stereocenters. The molecule has 0 fully saturated rings. The van der Waals surface area contributed by atoms with Crippen molar-refractivity contribution in [3.63, 3.8) is 0 Å². The van der Waals surface area contributed by atoms with Crippen LogP contribution in [-0.4, -0.2) is 52.8 Å². The summed E-state index contributed by atoms with van der Waals surface area (Å²) in [6, 6.07) is 0. The van der Waals surface area contributed by atoms with Gasteiger partial charge in [0.2, 0.25) is 0 Å². The Morgan fingerprint density at radius 2 is 1.44 bits per heavy atom. The zero-order valence-electron chi connectivity index (χ0n) is 11.6. The van der Waals surface area contributed by atoms with Crippen molar-refractivity contribution in [1.82, 2.24) is 4.90 Å². The zero-order valence-corrected chi connectivity index (χ0v) is 12.4. The minimum absolute atomic E-state index is 0. The fourth-order valence-corrected chi connectivity index (χ4v) is 1.94. The first kappa shape index (κ1) is 20.4. The molecule has 0 saturated heterocycles. The predicted molar refractivity (Wildman–Crippen MR) is 77.0 cm³/mol. The van der Waals surface area contributed by atoms with E-state index < -0.39 is 6.29 Å². The van der Waals surface area contributed by atoms with E-state index in [0.717, 1.165) is 19.5 Å². The van der Waals surface area contributed by atoms with Gasteiger partial charge in [-0.1, -0.05) is 39.0 Å². The van der Waals surface area contributed by atoms with Crippen molar-refractivity contribution in [2.24, 2.45) is 0 Å². The van der Waals surface area contributed by atoms with Crippen LogP contribution in [0.1, 0.15) is 51.9 Å². The predicted octanol–water partition coefficient (Wildman–Crippen LogP) is 1.76. The first-order valence-electron chi connectivity index (χ1n) is 6.90. The van der Waals surface area contributed by atoms with E-state index >= 15 is 0 Å². The van der Waals surface area contributed by atoms with Gasteiger partial charge in [0.15, 0.2) is 6.29 Å². The van der Waals surface area contributed by atoms with Crippen molar-refractivity contribution >= 4 is 12.4 Å². The molecule has 0 rings (SSSR count). The number of aliphatic hydroxyl groups is 3. The van der Waals surface area contributed by atoms with Crippen LogP contribution in [0.4, 0.5) is 0 Å². The highest BCUT2D eigenvalue weighted by Crippen LogP contribution is 2.06. The number of rotatable bonds is 12. The third kappa shape index (κ3) is 14.2. The third-order valence-electron chi connectivity index (χ3n) is 2.88. The van der Waals surface area contributed by atoms with Gasteiger partial charge in [-0.25, -0.2) is 0 Å². The van der Waals surface area contributed by atoms with Gasteiger partial charge < -0.3 is 15.3 Å². The summed E-state index contributed by atoms with van der Waals surface area (Å²) in [4.78, 5) is 2.01. The van der Waals surface area contributed by atoms with Gasteiger partial charge in [-0.15, -0.1) is 12.4 Å². The Balaban J connectivity index is 0. The Morgan fingerprint density at radius 1 is 0.889 bits per heavy atom. The summed E-state index contributed by atoms with van der Waals surface area (Å²) in [7, 11) is 0. The van der Waals surface area contributed by atoms with E-state index in [9.17, 15) is 0 Å². The number of hydrogen-bond donors (Lipinski definition) is 3. The maximum Gasteiger partial charge on any atom is 0.164 e. The van der Waals surface area contributed by atoms with Gasteiger partial charge in [0.1, 0.15) is 0 Å². The lowest BCUT2D eigenvalue weighted by Crippen LogP contribution is -2.34. The molecule has 0 aromatic heterocycles. The highest BCUT2D eigenvalue weighted by Gasteiger charge is 2.08. The quantitative estimate of drug-likeness (QED) is 0.377. The lowest BCUT2D eigenvalue weighted by Gasteiger charge is -2.22. The summed E-state index contributed by atoms with van der Waals surface area (Å²) in [6.45, 7) is 4.29. The van der Waals surface area contributed by atoms with Crippen molar-refractivity contribution < 1.29 is 15.3 Å². The average molecular weight is 284 g/mol. The first-order chi connectivity index (χ1) is 8.20.